The van der Waals surface area contributed by atoms with Crippen molar-refractivity contribution >= 4 is 41.5 Å². The number of hydrogen-bond donors (Lipinski definition) is 2. The summed E-state index contributed by atoms with van der Waals surface area (Å²) < 4.78 is 5.75. The zero-order valence-corrected chi connectivity index (χ0v) is 17.5. The Labute approximate surface area is 162 Å². The van der Waals surface area contributed by atoms with E-state index in [4.69, 9.17) is 16.3 Å². The van der Waals surface area contributed by atoms with Gasteiger partial charge in [-0.2, -0.15) is 0 Å². The molecule has 0 fully saturated rings. The number of rotatable bonds is 8. The maximum Gasteiger partial charge on any atom is 0.191 e. The molecular weight excluding hydrogens is 425 g/mol. The zero-order chi connectivity index (χ0) is 16.4. The lowest BCUT2D eigenvalue weighted by Crippen LogP contribution is -2.38. The van der Waals surface area contributed by atoms with Crippen LogP contribution in [0.1, 0.15) is 32.8 Å². The first-order chi connectivity index (χ1) is 10.6. The smallest absolute Gasteiger partial charge is 0.191 e. The van der Waals surface area contributed by atoms with Crippen molar-refractivity contribution < 1.29 is 4.74 Å². The standard InChI is InChI=1S/C17H28ClN3O.HI/c1-5-22-16(13(2)3)9-10-20-17(19-4)21-12-14-7-6-8-15(18)11-14;/h6-8,11,13,16H,5,9-10,12H2,1-4H3,(H2,19,20,21);1H. The van der Waals surface area contributed by atoms with Crippen LogP contribution in [0.4, 0.5) is 0 Å². The molecule has 6 heteroatoms. The Hall–Kier alpha value is -0.530. The molecule has 0 aromatic heterocycles. The van der Waals surface area contributed by atoms with Crippen LogP contribution in [0, 0.1) is 5.92 Å². The highest BCUT2D eigenvalue weighted by atomic mass is 127. The molecule has 1 aromatic rings. The lowest BCUT2D eigenvalue weighted by atomic mass is 10.0. The molecule has 132 valence electrons. The molecule has 0 aliphatic carbocycles. The average molecular weight is 454 g/mol. The Morgan fingerprint density at radius 3 is 2.61 bits per heavy atom. The third-order valence-corrected chi connectivity index (χ3v) is 3.65. The van der Waals surface area contributed by atoms with Crippen LogP contribution in [0.15, 0.2) is 29.3 Å². The van der Waals surface area contributed by atoms with Gasteiger partial charge in [0, 0.05) is 31.8 Å². The van der Waals surface area contributed by atoms with Crippen LogP contribution < -0.4 is 10.6 Å². The normalized spacial score (nSPS) is 12.7. The SMILES string of the molecule is CCOC(CCNC(=NC)NCc1cccc(Cl)c1)C(C)C.I. The number of guanidine groups is 1. The van der Waals surface area contributed by atoms with Gasteiger partial charge in [-0.25, -0.2) is 0 Å². The molecule has 0 bridgehead atoms. The van der Waals surface area contributed by atoms with Gasteiger partial charge in [-0.1, -0.05) is 37.6 Å². The van der Waals surface area contributed by atoms with Gasteiger partial charge >= 0.3 is 0 Å². The van der Waals surface area contributed by atoms with Gasteiger partial charge < -0.3 is 15.4 Å². The van der Waals surface area contributed by atoms with E-state index in [0.717, 1.165) is 36.1 Å². The maximum atomic E-state index is 5.98. The molecule has 2 N–H and O–H groups in total. The van der Waals surface area contributed by atoms with Gasteiger partial charge in [0.15, 0.2) is 5.96 Å². The number of aliphatic imine (C=N–C) groups is 1. The number of benzene rings is 1. The highest BCUT2D eigenvalue weighted by Crippen LogP contribution is 2.11. The monoisotopic (exact) mass is 453 g/mol. The van der Waals surface area contributed by atoms with Crippen molar-refractivity contribution in [1.29, 1.82) is 0 Å². The fourth-order valence-electron chi connectivity index (χ4n) is 2.21. The van der Waals surface area contributed by atoms with Crippen LogP contribution in [-0.2, 0) is 11.3 Å². The highest BCUT2D eigenvalue weighted by molar-refractivity contribution is 14.0. The summed E-state index contributed by atoms with van der Waals surface area (Å²) in [6.45, 7) is 8.69. The fourth-order valence-corrected chi connectivity index (χ4v) is 2.42. The molecule has 1 aromatic carbocycles. The molecule has 0 radical (unpaired) electrons. The second kappa shape index (κ2) is 12.8. The largest absolute Gasteiger partial charge is 0.378 e. The van der Waals surface area contributed by atoms with Crippen LogP contribution in [-0.4, -0.2) is 32.3 Å². The van der Waals surface area contributed by atoms with E-state index in [1.165, 1.54) is 0 Å². The van der Waals surface area contributed by atoms with Crippen LogP contribution in [0.5, 0.6) is 0 Å². The van der Waals surface area contributed by atoms with Gasteiger partial charge in [0.1, 0.15) is 0 Å². The van der Waals surface area contributed by atoms with Crippen molar-refractivity contribution in [3.8, 4) is 0 Å². The molecule has 0 aliphatic heterocycles. The number of nitrogens with one attached hydrogen (secondary N) is 2. The second-order valence-electron chi connectivity index (χ2n) is 5.51. The molecule has 0 saturated carbocycles. The van der Waals surface area contributed by atoms with E-state index in [9.17, 15) is 0 Å². The molecule has 1 atom stereocenters. The van der Waals surface area contributed by atoms with Gasteiger partial charge in [0.25, 0.3) is 0 Å². The third-order valence-electron chi connectivity index (χ3n) is 3.42. The predicted molar refractivity (Wildman–Crippen MR) is 110 cm³/mol. The van der Waals surface area contributed by atoms with Gasteiger partial charge in [-0.3, -0.25) is 4.99 Å². The van der Waals surface area contributed by atoms with Crippen molar-refractivity contribution in [2.45, 2.75) is 39.8 Å². The summed E-state index contributed by atoms with van der Waals surface area (Å²) in [5, 5.41) is 7.36. The third kappa shape index (κ3) is 9.37. The number of hydrogen-bond acceptors (Lipinski definition) is 2. The summed E-state index contributed by atoms with van der Waals surface area (Å²) in [5.41, 5.74) is 1.13. The van der Waals surface area contributed by atoms with E-state index in [2.05, 4.69) is 29.5 Å². The summed E-state index contributed by atoms with van der Waals surface area (Å²) >= 11 is 5.98. The highest BCUT2D eigenvalue weighted by Gasteiger charge is 2.12. The van der Waals surface area contributed by atoms with Gasteiger partial charge in [0.05, 0.1) is 6.10 Å². The molecule has 0 amide bonds. The second-order valence-corrected chi connectivity index (χ2v) is 5.95. The first-order valence-corrected chi connectivity index (χ1v) is 8.25. The minimum absolute atomic E-state index is 0. The van der Waals surface area contributed by atoms with Gasteiger partial charge in [-0.05, 0) is 37.0 Å². The van der Waals surface area contributed by atoms with Crippen molar-refractivity contribution in [2.75, 3.05) is 20.2 Å². The van der Waals surface area contributed by atoms with Gasteiger partial charge in [-0.15, -0.1) is 24.0 Å². The van der Waals surface area contributed by atoms with Gasteiger partial charge in [0.2, 0.25) is 0 Å². The fraction of sp³-hybridized carbons (Fsp3) is 0.588. The summed E-state index contributed by atoms with van der Waals surface area (Å²) in [6.07, 6.45) is 1.24. The lowest BCUT2D eigenvalue weighted by Gasteiger charge is -2.21. The summed E-state index contributed by atoms with van der Waals surface area (Å²) in [4.78, 5) is 4.23. The van der Waals surface area contributed by atoms with E-state index < -0.39 is 0 Å². The quantitative estimate of drug-likeness (QED) is 0.354. The van der Waals surface area contributed by atoms with Crippen LogP contribution in [0.2, 0.25) is 5.02 Å². The molecular formula is C17H29ClIN3O. The Kier molecular flexibility index (Phi) is 12.5. The minimum atomic E-state index is 0. The Bertz CT molecular complexity index is 469. The van der Waals surface area contributed by atoms with Crippen LogP contribution >= 0.6 is 35.6 Å². The van der Waals surface area contributed by atoms with Crippen LogP contribution in [0.3, 0.4) is 0 Å². The van der Waals surface area contributed by atoms with E-state index in [1.54, 1.807) is 7.05 Å². The molecule has 0 heterocycles. The molecule has 0 spiro atoms. The summed E-state index contributed by atoms with van der Waals surface area (Å²) in [5.74, 6) is 1.31. The number of halogens is 2. The summed E-state index contributed by atoms with van der Waals surface area (Å²) in [7, 11) is 1.77. The first-order valence-electron chi connectivity index (χ1n) is 7.87. The summed E-state index contributed by atoms with van der Waals surface area (Å²) in [6, 6.07) is 7.81. The van der Waals surface area contributed by atoms with E-state index in [0.29, 0.717) is 12.5 Å². The minimum Gasteiger partial charge on any atom is -0.378 e. The lowest BCUT2D eigenvalue weighted by molar-refractivity contribution is 0.0258. The topological polar surface area (TPSA) is 45.6 Å². The molecule has 0 aliphatic rings. The molecule has 23 heavy (non-hydrogen) atoms. The first kappa shape index (κ1) is 22.5. The Morgan fingerprint density at radius 1 is 1.30 bits per heavy atom. The zero-order valence-electron chi connectivity index (χ0n) is 14.4. The molecule has 1 rings (SSSR count). The molecule has 0 saturated heterocycles. The number of ether oxygens (including phenoxy) is 1. The Morgan fingerprint density at radius 2 is 2.04 bits per heavy atom. The van der Waals surface area contributed by atoms with E-state index in [-0.39, 0.29) is 30.1 Å². The van der Waals surface area contributed by atoms with E-state index in [1.807, 2.05) is 31.2 Å². The van der Waals surface area contributed by atoms with Crippen molar-refractivity contribution in [3.63, 3.8) is 0 Å². The predicted octanol–water partition coefficient (Wildman–Crippen LogP) is 4.07. The Balaban J connectivity index is 0.00000484. The molecule has 4 nitrogen and oxygen atoms in total. The maximum absolute atomic E-state index is 5.98. The average Bonchev–Trinajstić information content (AvgIpc) is 2.49. The van der Waals surface area contributed by atoms with Crippen molar-refractivity contribution in [2.24, 2.45) is 10.9 Å². The van der Waals surface area contributed by atoms with Crippen molar-refractivity contribution in [1.82, 2.24) is 10.6 Å². The number of nitrogens with zero attached hydrogens (tertiary/aromatic N) is 1. The van der Waals surface area contributed by atoms with E-state index >= 15 is 0 Å². The molecule has 1 unspecified atom stereocenters. The van der Waals surface area contributed by atoms with Crippen LogP contribution in [0.25, 0.3) is 0 Å². The van der Waals surface area contributed by atoms with Crippen molar-refractivity contribution in [3.05, 3.63) is 34.9 Å².